The molecule has 0 unspecified atom stereocenters. The van der Waals surface area contributed by atoms with E-state index in [0.717, 1.165) is 6.42 Å². The standard InChI is InChI=1S/C32H32ClFN4O9S2/c33-26-15-22(6-10-29(26)46-17-20-4-3-5-21(34)14-20)36-32-31-25(18-48(40,41)42)24(8-9-27(31)37-30(38-32)19-49(43,44)45)28-11-7-23(47-28)16-35-12-1-2-13-39/h3-11,14-15,35,39H,1-2,12-13,16-19H2,(H,36,37,38)(H,40,41,42)(H,43,44,45). The Morgan fingerprint density at radius 1 is 0.918 bits per heavy atom. The maximum atomic E-state index is 13.6. The molecule has 5 rings (SSSR count). The van der Waals surface area contributed by atoms with Gasteiger partial charge in [-0.2, -0.15) is 16.8 Å². The lowest BCUT2D eigenvalue weighted by atomic mass is 10.0. The van der Waals surface area contributed by atoms with Crippen LogP contribution >= 0.6 is 11.6 Å². The normalized spacial score (nSPS) is 12.0. The van der Waals surface area contributed by atoms with Gasteiger partial charge < -0.3 is 24.9 Å². The second-order valence-electron chi connectivity index (χ2n) is 11.0. The van der Waals surface area contributed by atoms with Crippen molar-refractivity contribution >= 4 is 54.2 Å². The van der Waals surface area contributed by atoms with Crippen molar-refractivity contribution in [1.29, 1.82) is 0 Å². The minimum Gasteiger partial charge on any atom is -0.487 e. The zero-order chi connectivity index (χ0) is 35.2. The van der Waals surface area contributed by atoms with Crippen molar-refractivity contribution in [3.8, 4) is 17.1 Å². The summed E-state index contributed by atoms with van der Waals surface area (Å²) in [4.78, 5) is 8.56. The van der Waals surface area contributed by atoms with E-state index in [1.807, 2.05) is 0 Å². The minimum atomic E-state index is -4.64. The van der Waals surface area contributed by atoms with Gasteiger partial charge in [0.05, 0.1) is 17.1 Å². The monoisotopic (exact) mass is 734 g/mol. The Labute approximate surface area is 286 Å². The van der Waals surface area contributed by atoms with Crippen LogP contribution in [0, 0.1) is 5.82 Å². The summed E-state index contributed by atoms with van der Waals surface area (Å²) in [5, 5.41) is 15.5. The number of hydrogen-bond acceptors (Lipinski definition) is 11. The van der Waals surface area contributed by atoms with Gasteiger partial charge in [-0.3, -0.25) is 9.11 Å². The van der Waals surface area contributed by atoms with Crippen molar-refractivity contribution in [2.45, 2.75) is 37.5 Å². The fourth-order valence-electron chi connectivity index (χ4n) is 5.03. The van der Waals surface area contributed by atoms with Gasteiger partial charge >= 0.3 is 0 Å². The van der Waals surface area contributed by atoms with Crippen molar-refractivity contribution in [2.75, 3.05) is 18.5 Å². The van der Waals surface area contributed by atoms with Crippen LogP contribution in [-0.4, -0.2) is 54.2 Å². The number of anilines is 2. The van der Waals surface area contributed by atoms with E-state index in [1.165, 1.54) is 30.3 Å². The van der Waals surface area contributed by atoms with E-state index in [9.17, 15) is 30.3 Å². The number of aliphatic hydroxyl groups is 1. The van der Waals surface area contributed by atoms with E-state index in [-0.39, 0.29) is 57.9 Å². The van der Waals surface area contributed by atoms with E-state index in [1.54, 1.807) is 36.4 Å². The third-order valence-corrected chi connectivity index (χ3v) is 8.69. The molecular weight excluding hydrogens is 703 g/mol. The van der Waals surface area contributed by atoms with Crippen LogP contribution in [0.4, 0.5) is 15.9 Å². The van der Waals surface area contributed by atoms with Crippen molar-refractivity contribution in [2.24, 2.45) is 0 Å². The van der Waals surface area contributed by atoms with Crippen LogP contribution in [0.3, 0.4) is 0 Å². The molecule has 5 N–H and O–H groups in total. The number of nitrogens with one attached hydrogen (secondary N) is 2. The van der Waals surface area contributed by atoms with Crippen LogP contribution in [0.25, 0.3) is 22.2 Å². The van der Waals surface area contributed by atoms with Gasteiger partial charge in [0.1, 0.15) is 52.8 Å². The molecule has 17 heteroatoms. The Hall–Kier alpha value is -4.16. The third-order valence-electron chi connectivity index (χ3n) is 7.12. The average molecular weight is 735 g/mol. The highest BCUT2D eigenvalue weighted by molar-refractivity contribution is 7.85. The van der Waals surface area contributed by atoms with Crippen LogP contribution in [0.1, 0.15) is 35.6 Å². The number of aliphatic hydroxyl groups excluding tert-OH is 1. The van der Waals surface area contributed by atoms with Gasteiger partial charge in [-0.05, 0) is 85.1 Å². The highest BCUT2D eigenvalue weighted by Gasteiger charge is 2.23. The zero-order valence-corrected chi connectivity index (χ0v) is 28.2. The Bertz CT molecular complexity index is 2180. The first kappa shape index (κ1) is 36.1. The lowest BCUT2D eigenvalue weighted by Crippen LogP contribution is -2.14. The molecule has 260 valence electrons. The molecule has 0 radical (unpaired) electrons. The van der Waals surface area contributed by atoms with Crippen molar-refractivity contribution in [3.63, 3.8) is 0 Å². The third kappa shape index (κ3) is 10.2. The molecule has 2 heterocycles. The first-order valence-corrected chi connectivity index (χ1v) is 18.4. The van der Waals surface area contributed by atoms with Crippen LogP contribution in [0.2, 0.25) is 5.02 Å². The molecule has 0 saturated heterocycles. The number of nitrogens with zero attached hydrogens (tertiary/aromatic N) is 2. The Balaban J connectivity index is 1.54. The molecule has 0 spiro atoms. The number of hydrogen-bond donors (Lipinski definition) is 5. The number of fused-ring (bicyclic) bond motifs is 1. The van der Waals surface area contributed by atoms with Crippen molar-refractivity contribution in [3.05, 3.63) is 100 Å². The van der Waals surface area contributed by atoms with Crippen LogP contribution < -0.4 is 15.4 Å². The van der Waals surface area contributed by atoms with Crippen LogP contribution in [-0.2, 0) is 44.9 Å². The number of rotatable bonds is 16. The molecule has 0 bridgehead atoms. The molecule has 0 aliphatic heterocycles. The molecule has 5 aromatic rings. The Morgan fingerprint density at radius 2 is 1.71 bits per heavy atom. The SMILES string of the molecule is O=S(=O)(O)Cc1nc(Nc2ccc(OCc3cccc(F)c3)c(Cl)c2)c2c(CS(=O)(=O)O)c(-c3ccc(CNCCCCO)o3)ccc2n1. The summed E-state index contributed by atoms with van der Waals surface area (Å²) in [6, 6.07) is 16.9. The molecular formula is C32H32ClFN4O9S2. The van der Waals surface area contributed by atoms with Gasteiger partial charge in [0, 0.05) is 23.2 Å². The minimum absolute atomic E-state index is 0.0375. The highest BCUT2D eigenvalue weighted by Crippen LogP contribution is 2.37. The summed E-state index contributed by atoms with van der Waals surface area (Å²) in [5.41, 5.74) is 1.37. The van der Waals surface area contributed by atoms with Gasteiger partial charge in [0.25, 0.3) is 20.2 Å². The molecule has 0 aliphatic carbocycles. The average Bonchev–Trinajstić information content (AvgIpc) is 3.47. The summed E-state index contributed by atoms with van der Waals surface area (Å²) >= 11 is 6.49. The second kappa shape index (κ2) is 15.6. The molecule has 13 nitrogen and oxygen atoms in total. The first-order chi connectivity index (χ1) is 23.3. The quantitative estimate of drug-likeness (QED) is 0.0616. The maximum absolute atomic E-state index is 13.6. The molecule has 0 atom stereocenters. The second-order valence-corrected chi connectivity index (χ2v) is 14.3. The molecule has 0 amide bonds. The lowest BCUT2D eigenvalue weighted by Gasteiger charge is -2.16. The first-order valence-electron chi connectivity index (χ1n) is 14.9. The van der Waals surface area contributed by atoms with E-state index < -0.39 is 37.6 Å². The lowest BCUT2D eigenvalue weighted by molar-refractivity contribution is 0.283. The van der Waals surface area contributed by atoms with Gasteiger partial charge in [-0.1, -0.05) is 23.7 Å². The highest BCUT2D eigenvalue weighted by atomic mass is 35.5. The summed E-state index contributed by atoms with van der Waals surface area (Å²) in [6.07, 6.45) is 1.41. The summed E-state index contributed by atoms with van der Waals surface area (Å²) in [5.74, 6) is -1.47. The van der Waals surface area contributed by atoms with Gasteiger partial charge in [0.15, 0.2) is 0 Å². The molecule has 3 aromatic carbocycles. The van der Waals surface area contributed by atoms with E-state index >= 15 is 0 Å². The van der Waals surface area contributed by atoms with Crippen molar-refractivity contribution in [1.82, 2.24) is 15.3 Å². The van der Waals surface area contributed by atoms with E-state index in [0.29, 0.717) is 42.1 Å². The van der Waals surface area contributed by atoms with E-state index in [4.69, 9.17) is 25.9 Å². The fourth-order valence-corrected chi connectivity index (χ4v) is 6.39. The number of ether oxygens (including phenoxy) is 1. The number of halogens is 2. The van der Waals surface area contributed by atoms with Crippen molar-refractivity contribution < 1.29 is 44.6 Å². The zero-order valence-electron chi connectivity index (χ0n) is 25.8. The number of benzene rings is 3. The van der Waals surface area contributed by atoms with Gasteiger partial charge in [-0.15, -0.1) is 0 Å². The Morgan fingerprint density at radius 3 is 2.43 bits per heavy atom. The molecule has 2 aromatic heterocycles. The molecule has 0 aliphatic rings. The van der Waals surface area contributed by atoms with E-state index in [2.05, 4.69) is 20.6 Å². The summed E-state index contributed by atoms with van der Waals surface area (Å²) in [6.45, 7) is 1.14. The predicted molar refractivity (Wildman–Crippen MR) is 181 cm³/mol. The largest absolute Gasteiger partial charge is 0.487 e. The molecule has 49 heavy (non-hydrogen) atoms. The van der Waals surface area contributed by atoms with Gasteiger partial charge in [0.2, 0.25) is 0 Å². The Kier molecular flexibility index (Phi) is 11.5. The van der Waals surface area contributed by atoms with Crippen LogP contribution in [0.5, 0.6) is 5.75 Å². The topological polar surface area (TPSA) is 201 Å². The fraction of sp³-hybridized carbons (Fsp3) is 0.250. The predicted octanol–water partition coefficient (Wildman–Crippen LogP) is 5.64. The van der Waals surface area contributed by atoms with Crippen LogP contribution in [0.15, 0.2) is 71.1 Å². The summed E-state index contributed by atoms with van der Waals surface area (Å²) < 4.78 is 93.0. The number of unbranched alkanes of at least 4 members (excludes halogenated alkanes) is 1. The number of aromatic nitrogens is 2. The van der Waals surface area contributed by atoms with Gasteiger partial charge in [-0.25, -0.2) is 14.4 Å². The number of furan rings is 1. The smallest absolute Gasteiger partial charge is 0.272 e. The maximum Gasteiger partial charge on any atom is 0.272 e. The molecule has 0 fully saturated rings. The summed E-state index contributed by atoms with van der Waals surface area (Å²) in [7, 11) is -9.21. The molecule has 0 saturated carbocycles.